The average Bonchev–Trinajstić information content (AvgIpc) is 2.88. The third-order valence-electron chi connectivity index (χ3n) is 2.71. The molecule has 0 aliphatic carbocycles. The zero-order valence-electron chi connectivity index (χ0n) is 12.2. The lowest BCUT2D eigenvalue weighted by atomic mass is 9.96. The van der Waals surface area contributed by atoms with E-state index in [1.807, 2.05) is 30.3 Å². The fourth-order valence-corrected chi connectivity index (χ4v) is 2.36. The van der Waals surface area contributed by atoms with Gasteiger partial charge in [-0.05, 0) is 18.6 Å². The standard InChI is InChI=1S/C15H21N3OS/c1-15(2,3)13-17-14(20-18-13)16-10-7-11-19-12-8-5-4-6-9-12/h4-6,8-9H,7,10-11H2,1-3H3,(H,16,17,18). The number of nitrogens with zero attached hydrogens (tertiary/aromatic N) is 2. The van der Waals surface area contributed by atoms with Crippen molar-refractivity contribution in [3.8, 4) is 5.75 Å². The highest BCUT2D eigenvalue weighted by molar-refractivity contribution is 7.09. The number of benzene rings is 1. The second kappa shape index (κ2) is 6.70. The molecule has 2 aromatic rings. The predicted molar refractivity (Wildman–Crippen MR) is 83.7 cm³/mol. The molecule has 0 saturated carbocycles. The van der Waals surface area contributed by atoms with E-state index in [2.05, 4.69) is 35.4 Å². The number of para-hydroxylation sites is 1. The van der Waals surface area contributed by atoms with Crippen LogP contribution in [0.15, 0.2) is 30.3 Å². The highest BCUT2D eigenvalue weighted by Crippen LogP contribution is 2.22. The van der Waals surface area contributed by atoms with Crippen molar-refractivity contribution in [3.63, 3.8) is 0 Å². The molecule has 0 bridgehead atoms. The Bertz CT molecular complexity index is 519. The van der Waals surface area contributed by atoms with Crippen molar-refractivity contribution < 1.29 is 4.74 Å². The monoisotopic (exact) mass is 291 g/mol. The first-order chi connectivity index (χ1) is 9.55. The Balaban J connectivity index is 1.67. The molecule has 0 aliphatic heterocycles. The van der Waals surface area contributed by atoms with Crippen molar-refractivity contribution in [1.29, 1.82) is 0 Å². The zero-order chi connectivity index (χ0) is 14.4. The van der Waals surface area contributed by atoms with Crippen LogP contribution < -0.4 is 10.1 Å². The lowest BCUT2D eigenvalue weighted by Crippen LogP contribution is -2.13. The molecule has 1 aromatic carbocycles. The third-order valence-corrected chi connectivity index (χ3v) is 3.38. The molecule has 0 fully saturated rings. The van der Waals surface area contributed by atoms with E-state index >= 15 is 0 Å². The van der Waals surface area contributed by atoms with Gasteiger partial charge in [0.25, 0.3) is 0 Å². The smallest absolute Gasteiger partial charge is 0.202 e. The molecule has 1 aromatic heterocycles. The normalized spacial score (nSPS) is 11.3. The summed E-state index contributed by atoms with van der Waals surface area (Å²) in [6.07, 6.45) is 0.930. The van der Waals surface area contributed by atoms with Gasteiger partial charge in [0.15, 0.2) is 0 Å². The Hall–Kier alpha value is -1.62. The number of nitrogens with one attached hydrogen (secondary N) is 1. The first kappa shape index (κ1) is 14.8. The number of aromatic nitrogens is 2. The van der Waals surface area contributed by atoms with Gasteiger partial charge in [-0.3, -0.25) is 0 Å². The van der Waals surface area contributed by atoms with Crippen molar-refractivity contribution in [2.24, 2.45) is 0 Å². The van der Waals surface area contributed by atoms with Gasteiger partial charge in [0.2, 0.25) is 5.13 Å². The van der Waals surface area contributed by atoms with Gasteiger partial charge in [0.05, 0.1) is 6.61 Å². The summed E-state index contributed by atoms with van der Waals surface area (Å²) in [4.78, 5) is 4.49. The van der Waals surface area contributed by atoms with Crippen molar-refractivity contribution in [2.75, 3.05) is 18.5 Å². The van der Waals surface area contributed by atoms with E-state index in [1.165, 1.54) is 11.5 Å². The molecular weight excluding hydrogens is 270 g/mol. The van der Waals surface area contributed by atoms with E-state index in [4.69, 9.17) is 4.74 Å². The van der Waals surface area contributed by atoms with Crippen LogP contribution in [-0.2, 0) is 5.41 Å². The number of hydrogen-bond acceptors (Lipinski definition) is 5. The molecule has 1 heterocycles. The van der Waals surface area contributed by atoms with E-state index in [0.717, 1.165) is 29.7 Å². The Morgan fingerprint density at radius 1 is 1.20 bits per heavy atom. The van der Waals surface area contributed by atoms with Crippen molar-refractivity contribution >= 4 is 16.7 Å². The Labute approximate surface area is 124 Å². The first-order valence-corrected chi connectivity index (χ1v) is 7.59. The number of hydrogen-bond donors (Lipinski definition) is 1. The number of ether oxygens (including phenoxy) is 1. The van der Waals surface area contributed by atoms with Gasteiger partial charge in [0, 0.05) is 23.5 Å². The van der Waals surface area contributed by atoms with Crippen LogP contribution in [0.25, 0.3) is 0 Å². The minimum Gasteiger partial charge on any atom is -0.494 e. The van der Waals surface area contributed by atoms with Gasteiger partial charge in [-0.25, -0.2) is 4.98 Å². The minimum atomic E-state index is 0.00680. The maximum absolute atomic E-state index is 5.63. The summed E-state index contributed by atoms with van der Waals surface area (Å²) in [5, 5.41) is 4.17. The van der Waals surface area contributed by atoms with Crippen molar-refractivity contribution in [2.45, 2.75) is 32.6 Å². The second-order valence-corrected chi connectivity index (χ2v) is 6.37. The van der Waals surface area contributed by atoms with Gasteiger partial charge < -0.3 is 10.1 Å². The van der Waals surface area contributed by atoms with Crippen LogP contribution in [0.5, 0.6) is 5.75 Å². The lowest BCUT2D eigenvalue weighted by Gasteiger charge is -2.12. The summed E-state index contributed by atoms with van der Waals surface area (Å²) >= 11 is 1.42. The van der Waals surface area contributed by atoms with Crippen LogP contribution >= 0.6 is 11.5 Å². The van der Waals surface area contributed by atoms with Crippen LogP contribution in [0.2, 0.25) is 0 Å². The zero-order valence-corrected chi connectivity index (χ0v) is 13.0. The summed E-state index contributed by atoms with van der Waals surface area (Å²) in [7, 11) is 0. The van der Waals surface area contributed by atoms with Crippen LogP contribution in [0.1, 0.15) is 33.0 Å². The maximum atomic E-state index is 5.63. The molecule has 108 valence electrons. The highest BCUT2D eigenvalue weighted by atomic mass is 32.1. The molecule has 5 heteroatoms. The van der Waals surface area contributed by atoms with E-state index in [1.54, 1.807) is 0 Å². The molecular formula is C15H21N3OS. The van der Waals surface area contributed by atoms with Gasteiger partial charge in [-0.15, -0.1) is 0 Å². The van der Waals surface area contributed by atoms with Crippen molar-refractivity contribution in [3.05, 3.63) is 36.2 Å². The summed E-state index contributed by atoms with van der Waals surface area (Å²) in [6.45, 7) is 7.89. The molecule has 0 radical (unpaired) electrons. The number of rotatable bonds is 6. The fourth-order valence-electron chi connectivity index (χ4n) is 1.57. The maximum Gasteiger partial charge on any atom is 0.202 e. The summed E-state index contributed by atoms with van der Waals surface area (Å²) in [6, 6.07) is 9.87. The van der Waals surface area contributed by atoms with Crippen LogP contribution in [0.3, 0.4) is 0 Å². The molecule has 0 unspecified atom stereocenters. The van der Waals surface area contributed by atoms with Crippen molar-refractivity contribution in [1.82, 2.24) is 9.36 Å². The van der Waals surface area contributed by atoms with Crippen LogP contribution in [-0.4, -0.2) is 22.5 Å². The van der Waals surface area contributed by atoms with Gasteiger partial charge in [0.1, 0.15) is 11.6 Å². The third kappa shape index (κ3) is 4.49. The van der Waals surface area contributed by atoms with Gasteiger partial charge in [-0.1, -0.05) is 39.0 Å². The Kier molecular flexibility index (Phi) is 4.95. The van der Waals surface area contributed by atoms with E-state index in [-0.39, 0.29) is 5.41 Å². The van der Waals surface area contributed by atoms with E-state index < -0.39 is 0 Å². The summed E-state index contributed by atoms with van der Waals surface area (Å²) in [5.74, 6) is 1.81. The van der Waals surface area contributed by atoms with Gasteiger partial charge >= 0.3 is 0 Å². The fraction of sp³-hybridized carbons (Fsp3) is 0.467. The topological polar surface area (TPSA) is 47.0 Å². The second-order valence-electron chi connectivity index (χ2n) is 5.61. The predicted octanol–water partition coefficient (Wildman–Crippen LogP) is 3.72. The first-order valence-electron chi connectivity index (χ1n) is 6.81. The summed E-state index contributed by atoms with van der Waals surface area (Å²) in [5.41, 5.74) is 0.00680. The molecule has 0 amide bonds. The molecule has 0 saturated heterocycles. The molecule has 0 atom stereocenters. The average molecular weight is 291 g/mol. The number of anilines is 1. The summed E-state index contributed by atoms with van der Waals surface area (Å²) < 4.78 is 10.0. The molecule has 20 heavy (non-hydrogen) atoms. The van der Waals surface area contributed by atoms with Crippen LogP contribution in [0.4, 0.5) is 5.13 Å². The largest absolute Gasteiger partial charge is 0.494 e. The molecule has 0 aliphatic rings. The van der Waals surface area contributed by atoms with E-state index in [0.29, 0.717) is 6.61 Å². The molecule has 1 N–H and O–H groups in total. The molecule has 4 nitrogen and oxygen atoms in total. The Morgan fingerprint density at radius 3 is 2.60 bits per heavy atom. The van der Waals surface area contributed by atoms with E-state index in [9.17, 15) is 0 Å². The van der Waals surface area contributed by atoms with Gasteiger partial charge in [-0.2, -0.15) is 4.37 Å². The quantitative estimate of drug-likeness (QED) is 0.824. The minimum absolute atomic E-state index is 0.00680. The van der Waals surface area contributed by atoms with Crippen LogP contribution in [0, 0.1) is 0 Å². The molecule has 2 rings (SSSR count). The SMILES string of the molecule is CC(C)(C)c1nsc(NCCCOc2ccccc2)n1. The Morgan fingerprint density at radius 2 is 1.95 bits per heavy atom. The molecule has 0 spiro atoms. The highest BCUT2D eigenvalue weighted by Gasteiger charge is 2.19. The lowest BCUT2D eigenvalue weighted by molar-refractivity contribution is 0.315.